The van der Waals surface area contributed by atoms with Crippen molar-refractivity contribution in [1.29, 1.82) is 0 Å². The van der Waals surface area contributed by atoms with Gasteiger partial charge >= 0.3 is 11.9 Å². The van der Waals surface area contributed by atoms with Crippen LogP contribution in [0.25, 0.3) is 0 Å². The van der Waals surface area contributed by atoms with Gasteiger partial charge in [-0.3, -0.25) is 9.59 Å². The van der Waals surface area contributed by atoms with Crippen LogP contribution in [0.4, 0.5) is 0 Å². The molecule has 10 heteroatoms. The van der Waals surface area contributed by atoms with E-state index in [9.17, 15) is 30.0 Å². The molecular weight excluding hydrogens is 616 g/mol. The van der Waals surface area contributed by atoms with E-state index in [1.165, 1.54) is 0 Å². The highest BCUT2D eigenvalue weighted by Gasteiger charge is 2.44. The minimum atomic E-state index is -1.61. The van der Waals surface area contributed by atoms with Crippen molar-refractivity contribution in [2.24, 2.45) is 0 Å². The van der Waals surface area contributed by atoms with Crippen LogP contribution in [0.15, 0.2) is 60.8 Å². The second-order valence-corrected chi connectivity index (χ2v) is 11.9. The molecule has 0 spiro atoms. The zero-order chi connectivity index (χ0) is 35.2. The molecule has 1 fully saturated rings. The maximum Gasteiger partial charge on any atom is 0.306 e. The lowest BCUT2D eigenvalue weighted by Crippen LogP contribution is -2.59. The molecule has 6 unspecified atom stereocenters. The SMILES string of the molecule is CC/C=C\C/C=C\C/C=C\C/C=C\CCC(=O)OC(COC(=O)CCCCCCC/C=C\CCC)COC1OC(CO)C(O)C(O)C1O. The highest BCUT2D eigenvalue weighted by Crippen LogP contribution is 2.22. The van der Waals surface area contributed by atoms with Crippen molar-refractivity contribution in [3.8, 4) is 0 Å². The summed E-state index contributed by atoms with van der Waals surface area (Å²) >= 11 is 0. The van der Waals surface area contributed by atoms with Gasteiger partial charge in [0.25, 0.3) is 0 Å². The highest BCUT2D eigenvalue weighted by molar-refractivity contribution is 5.70. The molecule has 0 bridgehead atoms. The van der Waals surface area contributed by atoms with Gasteiger partial charge in [-0.1, -0.05) is 100 Å². The van der Waals surface area contributed by atoms with Gasteiger partial charge in [-0.25, -0.2) is 0 Å². The molecule has 0 aliphatic carbocycles. The molecule has 48 heavy (non-hydrogen) atoms. The van der Waals surface area contributed by atoms with Gasteiger partial charge in [0, 0.05) is 12.8 Å². The molecule has 0 saturated carbocycles. The Kier molecular flexibility index (Phi) is 26.5. The maximum atomic E-state index is 12.6. The average Bonchev–Trinajstić information content (AvgIpc) is 3.08. The minimum Gasteiger partial charge on any atom is -0.462 e. The van der Waals surface area contributed by atoms with Gasteiger partial charge in [0.15, 0.2) is 12.4 Å². The van der Waals surface area contributed by atoms with Crippen molar-refractivity contribution < 1.29 is 49.0 Å². The Bertz CT molecular complexity index is 971. The third-order valence-corrected chi connectivity index (χ3v) is 7.63. The lowest BCUT2D eigenvalue weighted by Gasteiger charge is -2.39. The van der Waals surface area contributed by atoms with E-state index in [2.05, 4.69) is 62.5 Å². The van der Waals surface area contributed by atoms with Crippen molar-refractivity contribution in [1.82, 2.24) is 0 Å². The molecule has 0 amide bonds. The molecule has 1 rings (SSSR count). The molecular formula is C38H62O10. The summed E-state index contributed by atoms with van der Waals surface area (Å²) in [5.74, 6) is -0.924. The number of aliphatic hydroxyl groups is 4. The van der Waals surface area contributed by atoms with Gasteiger partial charge in [-0.05, 0) is 57.8 Å². The van der Waals surface area contributed by atoms with Crippen molar-refractivity contribution in [2.75, 3.05) is 19.8 Å². The van der Waals surface area contributed by atoms with Crippen LogP contribution in [0.5, 0.6) is 0 Å². The van der Waals surface area contributed by atoms with Gasteiger partial charge in [0.1, 0.15) is 31.0 Å². The van der Waals surface area contributed by atoms with Gasteiger partial charge in [-0.15, -0.1) is 0 Å². The molecule has 0 radical (unpaired) electrons. The van der Waals surface area contributed by atoms with E-state index < -0.39 is 55.4 Å². The first-order valence-electron chi connectivity index (χ1n) is 17.9. The van der Waals surface area contributed by atoms with Crippen LogP contribution in [0.1, 0.15) is 110 Å². The number of esters is 2. The minimum absolute atomic E-state index is 0.104. The average molecular weight is 679 g/mol. The molecule has 0 aromatic heterocycles. The Labute approximate surface area is 288 Å². The third kappa shape index (κ3) is 21.4. The van der Waals surface area contributed by atoms with E-state index in [1.807, 2.05) is 12.2 Å². The molecule has 0 aromatic rings. The fourth-order valence-corrected chi connectivity index (χ4v) is 4.79. The number of carbonyl (C=O) groups excluding carboxylic acids is 2. The fraction of sp³-hybridized carbons (Fsp3) is 0.684. The maximum absolute atomic E-state index is 12.6. The van der Waals surface area contributed by atoms with Crippen LogP contribution >= 0.6 is 0 Å². The summed E-state index contributed by atoms with van der Waals surface area (Å²) in [6.45, 7) is 3.11. The summed E-state index contributed by atoms with van der Waals surface area (Å²) in [4.78, 5) is 25.0. The fourth-order valence-electron chi connectivity index (χ4n) is 4.79. The number of hydrogen-bond donors (Lipinski definition) is 4. The number of unbranched alkanes of at least 4 members (excludes halogenated alkanes) is 6. The van der Waals surface area contributed by atoms with Crippen LogP contribution in [-0.4, -0.2) is 89.0 Å². The molecule has 1 aliphatic heterocycles. The highest BCUT2D eigenvalue weighted by atomic mass is 16.7. The monoisotopic (exact) mass is 678 g/mol. The Balaban J connectivity index is 2.51. The first-order valence-corrected chi connectivity index (χ1v) is 17.9. The largest absolute Gasteiger partial charge is 0.462 e. The summed E-state index contributed by atoms with van der Waals surface area (Å²) in [5, 5.41) is 39.8. The molecule has 274 valence electrons. The van der Waals surface area contributed by atoms with E-state index in [4.69, 9.17) is 18.9 Å². The van der Waals surface area contributed by atoms with Crippen LogP contribution in [-0.2, 0) is 28.5 Å². The number of allylic oxidation sites excluding steroid dienone is 10. The van der Waals surface area contributed by atoms with Gasteiger partial charge in [-0.2, -0.15) is 0 Å². The normalized spacial score (nSPS) is 22.5. The molecule has 0 aromatic carbocycles. The first kappa shape index (κ1) is 43.4. The summed E-state index contributed by atoms with van der Waals surface area (Å²) in [7, 11) is 0. The number of hydrogen-bond acceptors (Lipinski definition) is 10. The molecule has 6 atom stereocenters. The predicted molar refractivity (Wildman–Crippen MR) is 187 cm³/mol. The lowest BCUT2D eigenvalue weighted by atomic mass is 9.99. The standard InChI is InChI=1S/C38H62O10/c1-3-5-7-9-11-13-15-16-17-19-21-23-25-27-34(41)47-31(30-46-38-37(44)36(43)35(42)32(28-39)48-38)29-45-33(40)26-24-22-20-18-14-12-10-8-6-4-2/h5,7-8,10-11,13,16-17,21,23,31-32,35-39,42-44H,3-4,6,9,12,14-15,18-20,22,24-30H2,1-2H3/b7-5-,10-8-,13-11-,17-16-,23-21-. The Morgan fingerprint density at radius 1 is 0.667 bits per heavy atom. The van der Waals surface area contributed by atoms with Crippen LogP contribution in [0, 0.1) is 0 Å². The second kappa shape index (κ2) is 29.3. The Hall–Kier alpha value is -2.60. The number of aliphatic hydroxyl groups excluding tert-OH is 4. The summed E-state index contributed by atoms with van der Waals surface area (Å²) in [6.07, 6.45) is 25.5. The summed E-state index contributed by atoms with van der Waals surface area (Å²) < 4.78 is 21.9. The predicted octanol–water partition coefficient (Wildman–Crippen LogP) is 5.93. The van der Waals surface area contributed by atoms with Crippen LogP contribution in [0.3, 0.4) is 0 Å². The number of rotatable bonds is 27. The topological polar surface area (TPSA) is 152 Å². The molecule has 4 N–H and O–H groups in total. The van der Waals surface area contributed by atoms with Crippen molar-refractivity contribution in [2.45, 2.75) is 147 Å². The molecule has 1 heterocycles. The van der Waals surface area contributed by atoms with Gasteiger partial charge < -0.3 is 39.4 Å². The Morgan fingerprint density at radius 3 is 1.94 bits per heavy atom. The summed E-state index contributed by atoms with van der Waals surface area (Å²) in [5.41, 5.74) is 0. The van der Waals surface area contributed by atoms with Crippen molar-refractivity contribution in [3.63, 3.8) is 0 Å². The van der Waals surface area contributed by atoms with E-state index >= 15 is 0 Å². The quantitative estimate of drug-likeness (QED) is 0.0467. The first-order chi connectivity index (χ1) is 23.3. The van der Waals surface area contributed by atoms with Crippen molar-refractivity contribution in [3.05, 3.63) is 60.8 Å². The number of carbonyl (C=O) groups is 2. The smallest absolute Gasteiger partial charge is 0.306 e. The Morgan fingerprint density at radius 2 is 1.27 bits per heavy atom. The zero-order valence-corrected chi connectivity index (χ0v) is 29.2. The molecule has 10 nitrogen and oxygen atoms in total. The zero-order valence-electron chi connectivity index (χ0n) is 29.2. The van der Waals surface area contributed by atoms with Crippen LogP contribution < -0.4 is 0 Å². The summed E-state index contributed by atoms with van der Waals surface area (Å²) in [6, 6.07) is 0. The van der Waals surface area contributed by atoms with E-state index in [0.29, 0.717) is 12.8 Å². The number of ether oxygens (including phenoxy) is 4. The van der Waals surface area contributed by atoms with Crippen LogP contribution in [0.2, 0.25) is 0 Å². The van der Waals surface area contributed by atoms with Crippen molar-refractivity contribution >= 4 is 11.9 Å². The van der Waals surface area contributed by atoms with E-state index in [-0.39, 0.29) is 26.1 Å². The molecule has 1 aliphatic rings. The molecule has 1 saturated heterocycles. The van der Waals surface area contributed by atoms with Gasteiger partial charge in [0.2, 0.25) is 0 Å². The second-order valence-electron chi connectivity index (χ2n) is 11.9. The lowest BCUT2D eigenvalue weighted by molar-refractivity contribution is -0.305. The van der Waals surface area contributed by atoms with E-state index in [0.717, 1.165) is 70.6 Å². The third-order valence-electron chi connectivity index (χ3n) is 7.63. The van der Waals surface area contributed by atoms with E-state index in [1.54, 1.807) is 0 Å². The van der Waals surface area contributed by atoms with Gasteiger partial charge in [0.05, 0.1) is 13.2 Å².